The number of aromatic amines is 1. The molecule has 9 nitrogen and oxygen atoms in total. The molecule has 0 saturated heterocycles. The predicted octanol–water partition coefficient (Wildman–Crippen LogP) is 3.46. The van der Waals surface area contributed by atoms with Crippen molar-refractivity contribution < 1.29 is 9.47 Å². The minimum absolute atomic E-state index is 0.0142. The Morgan fingerprint density at radius 2 is 2.03 bits per heavy atom. The van der Waals surface area contributed by atoms with E-state index >= 15 is 0 Å². The topological polar surface area (TPSA) is 98.2 Å². The second-order valence-electron chi connectivity index (χ2n) is 8.72. The zero-order valence-corrected chi connectivity index (χ0v) is 19.8. The van der Waals surface area contributed by atoms with Gasteiger partial charge in [-0.15, -0.1) is 5.10 Å². The number of ether oxygens (including phenoxy) is 2. The number of hydrogen-bond donors (Lipinski definition) is 1. The van der Waals surface area contributed by atoms with Gasteiger partial charge in [-0.2, -0.15) is 0 Å². The van der Waals surface area contributed by atoms with Crippen LogP contribution in [0.3, 0.4) is 0 Å². The average molecular weight is 455 g/mol. The summed E-state index contributed by atoms with van der Waals surface area (Å²) in [6.45, 7) is 3.85. The Morgan fingerprint density at radius 1 is 1.21 bits per heavy atom. The van der Waals surface area contributed by atoms with Gasteiger partial charge in [-0.05, 0) is 54.0 Å². The first-order chi connectivity index (χ1) is 16.1. The molecule has 0 aliphatic heterocycles. The van der Waals surface area contributed by atoms with E-state index in [2.05, 4.69) is 32.3 Å². The van der Waals surface area contributed by atoms with Crippen molar-refractivity contribution in [3.63, 3.8) is 0 Å². The number of tetrazole rings is 1. The van der Waals surface area contributed by atoms with E-state index < -0.39 is 0 Å². The highest BCUT2D eigenvalue weighted by molar-refractivity contribution is 5.80. The third-order valence-corrected chi connectivity index (χ3v) is 6.68. The van der Waals surface area contributed by atoms with Crippen LogP contribution in [0.15, 0.2) is 29.1 Å². The Labute approximate surface area is 194 Å². The Kier molecular flexibility index (Phi) is 7.72. The van der Waals surface area contributed by atoms with E-state index in [0.717, 1.165) is 47.3 Å². The lowest BCUT2D eigenvalue weighted by Crippen LogP contribution is -2.41. The maximum Gasteiger partial charge on any atom is 0.252 e. The zero-order valence-electron chi connectivity index (χ0n) is 19.8. The molecule has 0 radical (unpaired) electrons. The van der Waals surface area contributed by atoms with Crippen LogP contribution in [0.4, 0.5) is 0 Å². The van der Waals surface area contributed by atoms with E-state index in [1.54, 1.807) is 14.2 Å². The molecule has 3 aromatic rings. The Balaban J connectivity index is 1.71. The third kappa shape index (κ3) is 5.25. The van der Waals surface area contributed by atoms with Gasteiger partial charge in [-0.3, -0.25) is 9.69 Å². The number of benzene rings is 1. The Morgan fingerprint density at radius 3 is 2.76 bits per heavy atom. The average Bonchev–Trinajstić information content (AvgIpc) is 3.31. The third-order valence-electron chi connectivity index (χ3n) is 6.68. The highest BCUT2D eigenvalue weighted by Crippen LogP contribution is 2.33. The molecule has 0 amide bonds. The van der Waals surface area contributed by atoms with E-state index in [0.29, 0.717) is 25.7 Å². The van der Waals surface area contributed by atoms with Gasteiger partial charge in [0.1, 0.15) is 5.75 Å². The monoisotopic (exact) mass is 454 g/mol. The summed E-state index contributed by atoms with van der Waals surface area (Å²) < 4.78 is 12.5. The number of fused-ring (bicyclic) bond motifs is 1. The molecule has 1 aliphatic carbocycles. The molecule has 9 heteroatoms. The standard InChI is InChI=1S/C24H34N6O3/c1-4-22(23-26-27-28-30(23)12-13-32-2)29(19-8-6-5-7-9-19)16-18-14-17-15-20(33-3)10-11-21(17)25-24(18)31/h10-11,14-15,19,22H,4-9,12-13,16H2,1-3H3,(H,25,31). The number of nitrogens with one attached hydrogen (secondary N) is 1. The fourth-order valence-electron chi connectivity index (χ4n) is 4.93. The van der Waals surface area contributed by atoms with E-state index in [-0.39, 0.29) is 11.6 Å². The normalized spacial score (nSPS) is 15.9. The molecule has 1 aromatic carbocycles. The molecule has 2 heterocycles. The van der Waals surface area contributed by atoms with E-state index in [1.807, 2.05) is 28.9 Å². The lowest BCUT2D eigenvalue weighted by atomic mass is 9.92. The number of aromatic nitrogens is 5. The van der Waals surface area contributed by atoms with Crippen molar-refractivity contribution in [3.05, 3.63) is 46.0 Å². The molecular weight excluding hydrogens is 420 g/mol. The maximum atomic E-state index is 13.0. The number of hydrogen-bond acceptors (Lipinski definition) is 7. The number of H-pyrrole nitrogens is 1. The predicted molar refractivity (Wildman–Crippen MR) is 126 cm³/mol. The first kappa shape index (κ1) is 23.4. The fraction of sp³-hybridized carbons (Fsp3) is 0.583. The van der Waals surface area contributed by atoms with Gasteiger partial charge < -0.3 is 14.5 Å². The second kappa shape index (κ2) is 10.9. The van der Waals surface area contributed by atoms with E-state index in [9.17, 15) is 4.79 Å². The number of rotatable bonds is 10. The van der Waals surface area contributed by atoms with Gasteiger partial charge in [0.15, 0.2) is 5.82 Å². The smallest absolute Gasteiger partial charge is 0.252 e. The molecular formula is C24H34N6O3. The van der Waals surface area contributed by atoms with Gasteiger partial charge in [0, 0.05) is 36.2 Å². The molecule has 1 unspecified atom stereocenters. The van der Waals surface area contributed by atoms with Crippen LogP contribution in [0, 0.1) is 0 Å². The fourth-order valence-corrected chi connectivity index (χ4v) is 4.93. The summed E-state index contributed by atoms with van der Waals surface area (Å²) in [6, 6.07) is 8.10. The summed E-state index contributed by atoms with van der Waals surface area (Å²) >= 11 is 0. The summed E-state index contributed by atoms with van der Waals surface area (Å²) in [5, 5.41) is 13.5. The van der Waals surface area contributed by atoms with Gasteiger partial charge in [-0.25, -0.2) is 4.68 Å². The van der Waals surface area contributed by atoms with Crippen molar-refractivity contribution in [2.45, 2.75) is 70.6 Å². The van der Waals surface area contributed by atoms with Gasteiger partial charge >= 0.3 is 0 Å². The van der Waals surface area contributed by atoms with Crippen molar-refractivity contribution in [1.82, 2.24) is 30.1 Å². The van der Waals surface area contributed by atoms with Crippen LogP contribution in [0.2, 0.25) is 0 Å². The molecule has 33 heavy (non-hydrogen) atoms. The quantitative estimate of drug-likeness (QED) is 0.501. The zero-order chi connectivity index (χ0) is 23.2. The summed E-state index contributed by atoms with van der Waals surface area (Å²) in [4.78, 5) is 18.5. The minimum Gasteiger partial charge on any atom is -0.497 e. The molecule has 1 N–H and O–H groups in total. The highest BCUT2D eigenvalue weighted by Gasteiger charge is 2.31. The number of nitrogens with zero attached hydrogens (tertiary/aromatic N) is 5. The Bertz CT molecular complexity index is 1110. The van der Waals surface area contributed by atoms with Crippen LogP contribution < -0.4 is 10.3 Å². The van der Waals surface area contributed by atoms with E-state index in [4.69, 9.17) is 9.47 Å². The van der Waals surface area contributed by atoms with Crippen molar-refractivity contribution in [2.75, 3.05) is 20.8 Å². The van der Waals surface area contributed by atoms with Crippen LogP contribution in [-0.2, 0) is 17.8 Å². The SMILES string of the molecule is CCC(c1nnnn1CCOC)N(Cc1cc2cc(OC)ccc2[nH]c1=O)C1CCCCC1. The number of methoxy groups -OCH3 is 2. The van der Waals surface area contributed by atoms with Crippen molar-refractivity contribution in [1.29, 1.82) is 0 Å². The molecule has 1 aliphatic rings. The molecule has 4 rings (SSSR count). The molecule has 0 spiro atoms. The van der Waals surface area contributed by atoms with Crippen molar-refractivity contribution >= 4 is 10.9 Å². The van der Waals surface area contributed by atoms with Crippen LogP contribution in [0.5, 0.6) is 5.75 Å². The summed E-state index contributed by atoms with van der Waals surface area (Å²) in [5.41, 5.74) is 1.50. The van der Waals surface area contributed by atoms with Crippen LogP contribution in [0.25, 0.3) is 10.9 Å². The van der Waals surface area contributed by atoms with Crippen LogP contribution >= 0.6 is 0 Å². The lowest BCUT2D eigenvalue weighted by Gasteiger charge is -2.39. The first-order valence-corrected chi connectivity index (χ1v) is 11.8. The van der Waals surface area contributed by atoms with Crippen LogP contribution in [-0.4, -0.2) is 57.0 Å². The molecule has 0 bridgehead atoms. The molecule has 1 fully saturated rings. The van der Waals surface area contributed by atoms with Gasteiger partial charge in [0.2, 0.25) is 0 Å². The lowest BCUT2D eigenvalue weighted by molar-refractivity contribution is 0.0826. The van der Waals surface area contributed by atoms with E-state index in [1.165, 1.54) is 19.3 Å². The summed E-state index contributed by atoms with van der Waals surface area (Å²) in [5.74, 6) is 1.60. The Hall–Kier alpha value is -2.78. The highest BCUT2D eigenvalue weighted by atomic mass is 16.5. The van der Waals surface area contributed by atoms with Gasteiger partial charge in [-0.1, -0.05) is 26.2 Å². The first-order valence-electron chi connectivity index (χ1n) is 11.8. The van der Waals surface area contributed by atoms with Gasteiger partial charge in [0.25, 0.3) is 5.56 Å². The molecule has 1 atom stereocenters. The molecule has 2 aromatic heterocycles. The number of pyridine rings is 1. The van der Waals surface area contributed by atoms with Crippen LogP contribution in [0.1, 0.15) is 62.9 Å². The minimum atomic E-state index is -0.0534. The van der Waals surface area contributed by atoms with Crippen molar-refractivity contribution in [2.24, 2.45) is 0 Å². The van der Waals surface area contributed by atoms with Gasteiger partial charge in [0.05, 0.1) is 26.3 Å². The van der Waals surface area contributed by atoms with Crippen molar-refractivity contribution in [3.8, 4) is 5.75 Å². The molecule has 178 valence electrons. The summed E-state index contributed by atoms with van der Waals surface area (Å²) in [7, 11) is 3.33. The molecule has 1 saturated carbocycles. The maximum absolute atomic E-state index is 13.0. The second-order valence-corrected chi connectivity index (χ2v) is 8.72. The largest absolute Gasteiger partial charge is 0.497 e. The summed E-state index contributed by atoms with van der Waals surface area (Å²) in [6.07, 6.45) is 6.77.